The van der Waals surface area contributed by atoms with Gasteiger partial charge in [-0.3, -0.25) is 4.79 Å². The number of carbonyl (C=O) groups excluding carboxylic acids is 3. The topological polar surface area (TPSA) is 101 Å². The van der Waals surface area contributed by atoms with Gasteiger partial charge in [-0.15, -0.1) is 0 Å². The Morgan fingerprint density at radius 2 is 1.32 bits per heavy atom. The third kappa shape index (κ3) is 14.7. The van der Waals surface area contributed by atoms with Gasteiger partial charge in [0.2, 0.25) is 0 Å². The van der Waals surface area contributed by atoms with E-state index in [0.29, 0.717) is 56.3 Å². The van der Waals surface area contributed by atoms with E-state index in [2.05, 4.69) is 17.2 Å². The number of rotatable bonds is 13. The van der Waals surface area contributed by atoms with Gasteiger partial charge < -0.3 is 24.6 Å². The molecule has 0 aromatic carbocycles. The highest BCUT2D eigenvalue weighted by atomic mass is 35.5. The Morgan fingerprint density at radius 3 is 1.76 bits per heavy atom. The van der Waals surface area contributed by atoms with Gasteiger partial charge in [-0.05, 0) is 79.4 Å². The van der Waals surface area contributed by atoms with Crippen LogP contribution in [-0.2, 0) is 9.47 Å². The summed E-state index contributed by atoms with van der Waals surface area (Å²) in [5, 5.41) is 3.16. The summed E-state index contributed by atoms with van der Waals surface area (Å²) in [4.78, 5) is 45.0. The molecule has 0 bridgehead atoms. The summed E-state index contributed by atoms with van der Waals surface area (Å²) < 4.78 is 11.1. The Balaban J connectivity index is 2.61. The van der Waals surface area contributed by atoms with E-state index in [-0.39, 0.29) is 12.0 Å². The van der Waals surface area contributed by atoms with E-state index in [9.17, 15) is 14.4 Å². The Morgan fingerprint density at radius 1 is 0.838 bits per heavy atom. The van der Waals surface area contributed by atoms with Gasteiger partial charge in [0.05, 0.1) is 5.56 Å². The van der Waals surface area contributed by atoms with E-state index in [4.69, 9.17) is 21.1 Å². The largest absolute Gasteiger partial charge is 0.444 e. The van der Waals surface area contributed by atoms with Crippen LogP contribution in [0, 0.1) is 0 Å². The number of nitrogens with one attached hydrogen (secondary N) is 1. The first kappa shape index (κ1) is 32.5. The van der Waals surface area contributed by atoms with Crippen molar-refractivity contribution >= 4 is 29.7 Å². The number of carbonyl (C=O) groups is 3. The van der Waals surface area contributed by atoms with Crippen LogP contribution in [0.25, 0.3) is 0 Å². The lowest BCUT2D eigenvalue weighted by Gasteiger charge is -2.29. The van der Waals surface area contributed by atoms with E-state index in [1.54, 1.807) is 21.9 Å². The Kier molecular flexibility index (Phi) is 13.7. The molecule has 0 spiro atoms. The highest BCUT2D eigenvalue weighted by Gasteiger charge is 2.23. The first-order chi connectivity index (χ1) is 17.2. The molecule has 0 saturated carbocycles. The number of nitrogens with zero attached hydrogens (tertiary/aromatic N) is 3. The summed E-state index contributed by atoms with van der Waals surface area (Å²) in [5.41, 5.74) is -0.737. The molecule has 37 heavy (non-hydrogen) atoms. The smallest absolute Gasteiger partial charge is 0.410 e. The lowest BCUT2D eigenvalue weighted by atomic mass is 10.2. The van der Waals surface area contributed by atoms with E-state index in [1.807, 2.05) is 41.5 Å². The molecule has 0 radical (unpaired) electrons. The third-order valence-corrected chi connectivity index (χ3v) is 5.29. The van der Waals surface area contributed by atoms with Gasteiger partial charge in [-0.1, -0.05) is 24.9 Å². The minimum Gasteiger partial charge on any atom is -0.444 e. The maximum absolute atomic E-state index is 12.8. The molecule has 0 aliphatic rings. The molecule has 210 valence electrons. The van der Waals surface area contributed by atoms with E-state index < -0.39 is 17.3 Å². The minimum absolute atomic E-state index is 0.248. The van der Waals surface area contributed by atoms with Crippen LogP contribution in [0.5, 0.6) is 0 Å². The molecule has 1 N–H and O–H groups in total. The fraction of sp³-hybridized carbons (Fsp3) is 0.704. The first-order valence-corrected chi connectivity index (χ1v) is 13.4. The van der Waals surface area contributed by atoms with Crippen molar-refractivity contribution in [3.05, 3.63) is 29.0 Å². The molecule has 0 saturated heterocycles. The number of hydrogen-bond acceptors (Lipinski definition) is 6. The molecule has 3 amide bonds. The quantitative estimate of drug-likeness (QED) is 0.246. The molecule has 1 aromatic heterocycles. The molecule has 10 heteroatoms. The molecule has 0 fully saturated rings. The van der Waals surface area contributed by atoms with Crippen LogP contribution < -0.4 is 5.32 Å². The Labute approximate surface area is 227 Å². The zero-order valence-electron chi connectivity index (χ0n) is 23.6. The molecule has 9 nitrogen and oxygen atoms in total. The van der Waals surface area contributed by atoms with Gasteiger partial charge in [-0.2, -0.15) is 0 Å². The summed E-state index contributed by atoms with van der Waals surface area (Å²) in [6.07, 6.45) is 4.60. The molecule has 0 atom stereocenters. The van der Waals surface area contributed by atoms with Crippen molar-refractivity contribution in [1.82, 2.24) is 20.1 Å². The zero-order valence-corrected chi connectivity index (χ0v) is 24.3. The molecule has 1 heterocycles. The minimum atomic E-state index is -0.612. The van der Waals surface area contributed by atoms with Crippen molar-refractivity contribution in [2.75, 3.05) is 32.7 Å². The van der Waals surface area contributed by atoms with Crippen molar-refractivity contribution in [3.63, 3.8) is 0 Å². The monoisotopic (exact) mass is 540 g/mol. The maximum Gasteiger partial charge on any atom is 0.410 e. The van der Waals surface area contributed by atoms with Crippen LogP contribution in [0.1, 0.15) is 90.9 Å². The fourth-order valence-corrected chi connectivity index (χ4v) is 3.39. The molecule has 0 aliphatic heterocycles. The van der Waals surface area contributed by atoms with Crippen molar-refractivity contribution < 1.29 is 23.9 Å². The van der Waals surface area contributed by atoms with Crippen LogP contribution in [0.3, 0.4) is 0 Å². The Hall–Kier alpha value is -2.55. The number of hydrogen-bond donors (Lipinski definition) is 1. The van der Waals surface area contributed by atoms with Gasteiger partial charge in [-0.25, -0.2) is 14.6 Å². The highest BCUT2D eigenvalue weighted by Crippen LogP contribution is 2.14. The number of aromatic nitrogens is 1. The number of pyridine rings is 1. The molecular weight excluding hydrogens is 496 g/mol. The van der Waals surface area contributed by atoms with Crippen molar-refractivity contribution in [3.8, 4) is 0 Å². The second-order valence-corrected chi connectivity index (χ2v) is 11.4. The standard InChI is InChI=1S/C27H45ClN4O5/c1-8-9-16-31(24(34)36-26(2,3)4)17-10-11-18-32(25(35)37-27(5,6)7)19-12-15-29-23(33)21-13-14-22(28)30-20-21/h13-14,20H,8-12,15-19H2,1-7H3,(H,29,33). The van der Waals surface area contributed by atoms with Crippen LogP contribution >= 0.6 is 11.6 Å². The van der Waals surface area contributed by atoms with E-state index in [1.165, 1.54) is 6.20 Å². The SMILES string of the molecule is CCCCN(CCCCN(CCCNC(=O)c1ccc(Cl)nc1)C(=O)OC(C)(C)C)C(=O)OC(C)(C)C. The zero-order chi connectivity index (χ0) is 28.1. The lowest BCUT2D eigenvalue weighted by molar-refractivity contribution is 0.0207. The molecule has 1 rings (SSSR count). The third-order valence-electron chi connectivity index (χ3n) is 5.07. The molecule has 0 unspecified atom stereocenters. The maximum atomic E-state index is 12.8. The second kappa shape index (κ2) is 15.6. The van der Waals surface area contributed by atoms with Crippen LogP contribution in [0.15, 0.2) is 18.3 Å². The van der Waals surface area contributed by atoms with Crippen molar-refractivity contribution in [2.45, 2.75) is 91.8 Å². The molecule has 0 aliphatic carbocycles. The Bertz CT molecular complexity index is 850. The summed E-state index contributed by atoms with van der Waals surface area (Å²) in [5.74, 6) is -0.248. The van der Waals surface area contributed by atoms with E-state index in [0.717, 1.165) is 19.3 Å². The predicted molar refractivity (Wildman–Crippen MR) is 146 cm³/mol. The normalized spacial score (nSPS) is 11.6. The summed E-state index contributed by atoms with van der Waals surface area (Å²) in [6, 6.07) is 3.17. The summed E-state index contributed by atoms with van der Waals surface area (Å²) >= 11 is 5.77. The molecule has 1 aromatic rings. The van der Waals surface area contributed by atoms with Gasteiger partial charge >= 0.3 is 12.2 Å². The molecular formula is C27H45ClN4O5. The van der Waals surface area contributed by atoms with Gasteiger partial charge in [0.15, 0.2) is 0 Å². The van der Waals surface area contributed by atoms with Gasteiger partial charge in [0.1, 0.15) is 16.4 Å². The predicted octanol–water partition coefficient (Wildman–Crippen LogP) is 5.91. The summed E-state index contributed by atoms with van der Waals surface area (Å²) in [6.45, 7) is 15.7. The van der Waals surface area contributed by atoms with Gasteiger partial charge in [0, 0.05) is 38.9 Å². The van der Waals surface area contributed by atoms with Crippen molar-refractivity contribution in [2.24, 2.45) is 0 Å². The van der Waals surface area contributed by atoms with Crippen LogP contribution in [0.4, 0.5) is 9.59 Å². The number of ether oxygens (including phenoxy) is 2. The summed E-state index contributed by atoms with van der Waals surface area (Å²) in [7, 11) is 0. The first-order valence-electron chi connectivity index (χ1n) is 13.1. The van der Waals surface area contributed by atoms with Crippen molar-refractivity contribution in [1.29, 1.82) is 0 Å². The van der Waals surface area contributed by atoms with Crippen LogP contribution in [-0.4, -0.2) is 76.8 Å². The fourth-order valence-electron chi connectivity index (χ4n) is 3.28. The lowest BCUT2D eigenvalue weighted by Crippen LogP contribution is -2.40. The number of halogens is 1. The van der Waals surface area contributed by atoms with Gasteiger partial charge in [0.25, 0.3) is 5.91 Å². The van der Waals surface area contributed by atoms with E-state index >= 15 is 0 Å². The number of amides is 3. The average molecular weight is 541 g/mol. The second-order valence-electron chi connectivity index (χ2n) is 11.0. The van der Waals surface area contributed by atoms with Crippen LogP contribution in [0.2, 0.25) is 5.15 Å². The average Bonchev–Trinajstić information content (AvgIpc) is 2.77. The highest BCUT2D eigenvalue weighted by molar-refractivity contribution is 6.29. The number of unbranched alkanes of at least 4 members (excludes halogenated alkanes) is 2.